The molecule has 0 aliphatic heterocycles. The first-order chi connectivity index (χ1) is 27.3. The molecule has 0 aliphatic carbocycles. The van der Waals surface area contributed by atoms with E-state index in [4.69, 9.17) is 25.4 Å². The number of phosphoric ester groups is 1. The van der Waals surface area contributed by atoms with Gasteiger partial charge in [0.2, 0.25) is 0 Å². The number of quaternary nitrogens is 1. The molecule has 0 saturated heterocycles. The standard InChI is InChI=1S/C43H84NO8P/c1-6-8-10-12-14-16-18-20-22-24-26-28-30-32-34-36-43(46)52-41(40-51-53(47,48)50-38-37-44(3,4)5)39-49-42(45)35-33-31-29-27-25-23-21-19-17-15-13-11-9-7-2/h20,22,41H,6-19,21,23-40H2,1-5H3/p+1/b22-20+/t41-/m1/s1/i39D2,40D2,41D. The van der Waals surface area contributed by atoms with Crippen LogP contribution in [0.3, 0.4) is 0 Å². The van der Waals surface area contributed by atoms with Crippen LogP contribution in [-0.2, 0) is 32.7 Å². The van der Waals surface area contributed by atoms with Gasteiger partial charge in [-0.2, -0.15) is 0 Å². The van der Waals surface area contributed by atoms with Crippen LogP contribution in [0.4, 0.5) is 0 Å². The van der Waals surface area contributed by atoms with E-state index in [1.807, 2.05) is 0 Å². The van der Waals surface area contributed by atoms with Gasteiger partial charge >= 0.3 is 19.8 Å². The first-order valence-electron chi connectivity index (χ1n) is 23.9. The van der Waals surface area contributed by atoms with Crippen molar-refractivity contribution in [2.45, 2.75) is 206 Å². The van der Waals surface area contributed by atoms with Gasteiger partial charge in [-0.1, -0.05) is 161 Å². The third kappa shape index (κ3) is 40.2. The second kappa shape index (κ2) is 36.4. The van der Waals surface area contributed by atoms with Gasteiger partial charge in [-0.05, 0) is 38.5 Å². The Bertz CT molecular complexity index is 1140. The van der Waals surface area contributed by atoms with E-state index in [0.29, 0.717) is 30.2 Å². The molecule has 10 heteroatoms. The molecule has 0 spiro atoms. The van der Waals surface area contributed by atoms with Crippen molar-refractivity contribution in [3.05, 3.63) is 12.2 Å². The Labute approximate surface area is 333 Å². The number of likely N-dealkylation sites (N-methyl/N-ethyl adjacent to an activating group) is 1. The molecule has 0 bridgehead atoms. The van der Waals surface area contributed by atoms with E-state index in [-0.39, 0.29) is 26.0 Å². The maximum Gasteiger partial charge on any atom is 0.472 e. The number of phosphoric acid groups is 1. The lowest BCUT2D eigenvalue weighted by Crippen LogP contribution is -2.37. The van der Waals surface area contributed by atoms with E-state index >= 15 is 0 Å². The van der Waals surface area contributed by atoms with Crippen LogP contribution in [0.5, 0.6) is 0 Å². The lowest BCUT2D eigenvalue weighted by atomic mass is 10.0. The summed E-state index contributed by atoms with van der Waals surface area (Å²) in [5, 5.41) is 0. The van der Waals surface area contributed by atoms with E-state index in [1.165, 1.54) is 96.3 Å². The van der Waals surface area contributed by atoms with Gasteiger partial charge in [0, 0.05) is 12.8 Å². The van der Waals surface area contributed by atoms with Crippen molar-refractivity contribution in [1.82, 2.24) is 0 Å². The SMILES string of the molecule is [2H]C([2H])(OC(=O)CCCCCCCCCCCCCCCC)[C@@]([2H])(OC(=O)CCCCCCC/C=C/CCCCCCCC)C([2H])([2H])OP(=O)(O)OCC[N+](C)(C)C. The van der Waals surface area contributed by atoms with Gasteiger partial charge < -0.3 is 18.9 Å². The summed E-state index contributed by atoms with van der Waals surface area (Å²) < 4.78 is 75.4. The van der Waals surface area contributed by atoms with Crippen LogP contribution in [0, 0.1) is 0 Å². The van der Waals surface area contributed by atoms with Gasteiger partial charge in [0.15, 0.2) is 6.08 Å². The van der Waals surface area contributed by atoms with E-state index in [0.717, 1.165) is 51.4 Å². The lowest BCUT2D eigenvalue weighted by Gasteiger charge is -2.24. The summed E-state index contributed by atoms with van der Waals surface area (Å²) in [6.45, 7) is -3.03. The van der Waals surface area contributed by atoms with E-state index in [2.05, 4.69) is 26.0 Å². The molecule has 0 aliphatic rings. The zero-order valence-corrected chi connectivity index (χ0v) is 35.7. The number of esters is 2. The van der Waals surface area contributed by atoms with Crippen LogP contribution in [0.15, 0.2) is 12.2 Å². The smallest absolute Gasteiger partial charge is 0.462 e. The van der Waals surface area contributed by atoms with E-state index < -0.39 is 39.0 Å². The molecule has 0 heterocycles. The third-order valence-corrected chi connectivity index (χ3v) is 9.95. The molecule has 0 rings (SSSR count). The predicted molar refractivity (Wildman–Crippen MR) is 220 cm³/mol. The zero-order valence-electron chi connectivity index (χ0n) is 39.8. The number of rotatable bonds is 40. The Balaban J connectivity index is 5.08. The average molecular weight is 780 g/mol. The number of hydrogen-bond donors (Lipinski definition) is 1. The average Bonchev–Trinajstić information content (AvgIpc) is 3.11. The fraction of sp³-hybridized carbons (Fsp3) is 0.907. The fourth-order valence-electron chi connectivity index (χ4n) is 5.74. The van der Waals surface area contributed by atoms with E-state index in [1.54, 1.807) is 21.1 Å². The van der Waals surface area contributed by atoms with Gasteiger partial charge in [-0.15, -0.1) is 0 Å². The summed E-state index contributed by atoms with van der Waals surface area (Å²) >= 11 is 0. The highest BCUT2D eigenvalue weighted by Gasteiger charge is 2.27. The Hall–Kier alpha value is -1.25. The van der Waals surface area contributed by atoms with Crippen LogP contribution in [0.25, 0.3) is 0 Å². The molecule has 0 amide bonds. The van der Waals surface area contributed by atoms with E-state index in [9.17, 15) is 19.0 Å². The number of carbonyl (C=O) groups excluding carboxylic acids is 2. The predicted octanol–water partition coefficient (Wildman–Crippen LogP) is 12.2. The van der Waals surface area contributed by atoms with Crippen LogP contribution < -0.4 is 0 Å². The van der Waals surface area contributed by atoms with Gasteiger partial charge in [0.25, 0.3) is 0 Å². The first kappa shape index (κ1) is 42.9. The molecule has 9 nitrogen and oxygen atoms in total. The Morgan fingerprint density at radius 3 is 1.45 bits per heavy atom. The summed E-state index contributed by atoms with van der Waals surface area (Å²) in [7, 11) is 0.159. The van der Waals surface area contributed by atoms with Crippen molar-refractivity contribution >= 4 is 19.8 Å². The third-order valence-electron chi connectivity index (χ3n) is 9.12. The van der Waals surface area contributed by atoms with Gasteiger partial charge in [0.1, 0.15) is 19.7 Å². The Kier molecular flexibility index (Phi) is 29.4. The molecule has 0 aromatic heterocycles. The number of allylic oxidation sites excluding steroid dienone is 2. The van der Waals surface area contributed by atoms with Crippen molar-refractivity contribution in [1.29, 1.82) is 0 Å². The molecule has 0 aromatic rings. The second-order valence-corrected chi connectivity index (χ2v) is 16.9. The summed E-state index contributed by atoms with van der Waals surface area (Å²) in [5.41, 5.74) is 0. The largest absolute Gasteiger partial charge is 0.472 e. The van der Waals surface area contributed by atoms with Crippen molar-refractivity contribution in [2.75, 3.05) is 47.4 Å². The highest BCUT2D eigenvalue weighted by molar-refractivity contribution is 7.47. The Morgan fingerprint density at radius 1 is 0.623 bits per heavy atom. The number of carbonyl (C=O) groups is 2. The normalized spacial score (nSPS) is 16.2. The second-order valence-electron chi connectivity index (χ2n) is 15.6. The molecule has 0 radical (unpaired) electrons. The van der Waals surface area contributed by atoms with Crippen molar-refractivity contribution in [3.8, 4) is 0 Å². The maximum absolute atomic E-state index is 13.0. The van der Waals surface area contributed by atoms with Gasteiger partial charge in [-0.25, -0.2) is 4.57 Å². The minimum absolute atomic E-state index is 0.201. The van der Waals surface area contributed by atoms with Crippen LogP contribution in [0.1, 0.15) is 207 Å². The molecule has 1 N–H and O–H groups in total. The molecule has 53 heavy (non-hydrogen) atoms. The molecule has 0 fully saturated rings. The monoisotopic (exact) mass is 780 g/mol. The summed E-state index contributed by atoms with van der Waals surface area (Å²) in [6, 6.07) is 0. The summed E-state index contributed by atoms with van der Waals surface area (Å²) in [6.07, 6.45) is 29.4. The summed E-state index contributed by atoms with van der Waals surface area (Å²) in [4.78, 5) is 36.1. The van der Waals surface area contributed by atoms with Crippen LogP contribution in [0.2, 0.25) is 0 Å². The maximum atomic E-state index is 13.0. The van der Waals surface area contributed by atoms with Crippen molar-refractivity contribution in [2.24, 2.45) is 0 Å². The number of ether oxygens (including phenoxy) is 2. The minimum atomic E-state index is -5.25. The highest BCUT2D eigenvalue weighted by atomic mass is 31.2. The molecule has 0 saturated carbocycles. The Morgan fingerprint density at radius 2 is 1.02 bits per heavy atom. The molecular weight excluding hydrogens is 689 g/mol. The van der Waals surface area contributed by atoms with Crippen molar-refractivity contribution < 1.29 is 48.9 Å². The zero-order chi connectivity index (χ0) is 43.8. The molecule has 1 unspecified atom stereocenters. The summed E-state index contributed by atoms with van der Waals surface area (Å²) in [5.74, 6) is -2.19. The van der Waals surface area contributed by atoms with Gasteiger partial charge in [-0.3, -0.25) is 18.6 Å². The number of nitrogens with zero attached hydrogens (tertiary/aromatic N) is 1. The highest BCUT2D eigenvalue weighted by Crippen LogP contribution is 2.43. The van der Waals surface area contributed by atoms with Crippen LogP contribution in [-0.4, -0.2) is 74.8 Å². The molecule has 314 valence electrons. The molecule has 0 aromatic carbocycles. The number of hydrogen-bond acceptors (Lipinski definition) is 7. The fourth-order valence-corrected chi connectivity index (χ4v) is 6.30. The van der Waals surface area contributed by atoms with Crippen molar-refractivity contribution in [3.63, 3.8) is 0 Å². The lowest BCUT2D eigenvalue weighted by molar-refractivity contribution is -0.870. The minimum Gasteiger partial charge on any atom is -0.462 e. The molecule has 2 atom stereocenters. The van der Waals surface area contributed by atoms with Gasteiger partial charge in [0.05, 0.1) is 34.6 Å². The number of unbranched alkanes of at least 4 members (excludes halogenated alkanes) is 24. The first-order valence-corrected chi connectivity index (χ1v) is 22.9. The van der Waals surface area contributed by atoms with Crippen LogP contribution >= 0.6 is 7.82 Å². The quantitative estimate of drug-likeness (QED) is 0.0215. The topological polar surface area (TPSA) is 108 Å². The molecular formula is C43H85NO8P+.